The number of benzene rings is 1. The van der Waals surface area contributed by atoms with Gasteiger partial charge in [0.25, 0.3) is 0 Å². The van der Waals surface area contributed by atoms with E-state index in [0.29, 0.717) is 17.4 Å². The van der Waals surface area contributed by atoms with Gasteiger partial charge in [-0.2, -0.15) is 0 Å². The van der Waals surface area contributed by atoms with Crippen LogP contribution in [0.5, 0.6) is 5.75 Å². The summed E-state index contributed by atoms with van der Waals surface area (Å²) in [6.45, 7) is 4.78. The van der Waals surface area contributed by atoms with E-state index < -0.39 is 0 Å². The number of ether oxygens (including phenoxy) is 2. The zero-order valence-corrected chi connectivity index (χ0v) is 12.3. The Kier molecular flexibility index (Phi) is 4.01. The van der Waals surface area contributed by atoms with Crippen LogP contribution in [0.1, 0.15) is 26.7 Å². The van der Waals surface area contributed by atoms with Crippen molar-refractivity contribution in [2.24, 2.45) is 0 Å². The van der Waals surface area contributed by atoms with E-state index >= 15 is 0 Å². The summed E-state index contributed by atoms with van der Waals surface area (Å²) < 4.78 is 12.5. The van der Waals surface area contributed by atoms with Gasteiger partial charge in [-0.1, -0.05) is 27.5 Å². The van der Waals surface area contributed by atoms with Crippen LogP contribution < -0.4 is 4.74 Å². The van der Waals surface area contributed by atoms with Crippen LogP contribution in [0.3, 0.4) is 0 Å². The quantitative estimate of drug-likeness (QED) is 0.820. The second kappa shape index (κ2) is 5.17. The van der Waals surface area contributed by atoms with Crippen LogP contribution in [0, 0.1) is 0 Å². The van der Waals surface area contributed by atoms with Crippen molar-refractivity contribution in [2.45, 2.75) is 38.4 Å². The Morgan fingerprint density at radius 1 is 1.53 bits per heavy atom. The van der Waals surface area contributed by atoms with Crippen molar-refractivity contribution < 1.29 is 9.47 Å². The zero-order valence-electron chi connectivity index (χ0n) is 10.0. The SMILES string of the molecule is CC1(C)CCC(COc2cc(Br)ccc2Cl)O1. The molecular weight excluding hydrogens is 303 g/mol. The maximum atomic E-state index is 6.05. The van der Waals surface area contributed by atoms with Gasteiger partial charge in [-0.3, -0.25) is 0 Å². The third-order valence-electron chi connectivity index (χ3n) is 2.87. The normalized spacial score (nSPS) is 22.7. The molecule has 1 aromatic rings. The van der Waals surface area contributed by atoms with Crippen LogP contribution in [0.4, 0.5) is 0 Å². The monoisotopic (exact) mass is 318 g/mol. The predicted molar refractivity (Wildman–Crippen MR) is 72.8 cm³/mol. The second-order valence-corrected chi connectivity index (χ2v) is 6.25. The molecule has 0 amide bonds. The highest BCUT2D eigenvalue weighted by Gasteiger charge is 2.31. The molecule has 0 N–H and O–H groups in total. The fourth-order valence-corrected chi connectivity index (χ4v) is 2.48. The largest absolute Gasteiger partial charge is 0.489 e. The first kappa shape index (κ1) is 13.2. The molecule has 1 aromatic carbocycles. The van der Waals surface area contributed by atoms with Gasteiger partial charge < -0.3 is 9.47 Å². The van der Waals surface area contributed by atoms with Crippen LogP contribution in [0.2, 0.25) is 5.02 Å². The fourth-order valence-electron chi connectivity index (χ4n) is 1.97. The van der Waals surface area contributed by atoms with E-state index in [2.05, 4.69) is 29.8 Å². The van der Waals surface area contributed by atoms with Gasteiger partial charge in [0.2, 0.25) is 0 Å². The lowest BCUT2D eigenvalue weighted by atomic mass is 10.1. The molecule has 4 heteroatoms. The van der Waals surface area contributed by atoms with Crippen molar-refractivity contribution in [2.75, 3.05) is 6.61 Å². The van der Waals surface area contributed by atoms with Crippen LogP contribution in [0.15, 0.2) is 22.7 Å². The summed E-state index contributed by atoms with van der Waals surface area (Å²) in [7, 11) is 0. The summed E-state index contributed by atoms with van der Waals surface area (Å²) in [5.74, 6) is 0.703. The zero-order chi connectivity index (χ0) is 12.5. The molecule has 2 rings (SSSR count). The molecule has 2 nitrogen and oxygen atoms in total. The number of rotatable bonds is 3. The third kappa shape index (κ3) is 3.60. The van der Waals surface area contributed by atoms with Gasteiger partial charge in [0.15, 0.2) is 0 Å². The van der Waals surface area contributed by atoms with Gasteiger partial charge in [-0.15, -0.1) is 0 Å². The maximum absolute atomic E-state index is 6.05. The molecule has 0 spiro atoms. The first-order valence-corrected chi connectivity index (χ1v) is 6.89. The third-order valence-corrected chi connectivity index (χ3v) is 3.68. The molecule has 1 aliphatic rings. The molecule has 1 aliphatic heterocycles. The highest BCUT2D eigenvalue weighted by atomic mass is 79.9. The van der Waals surface area contributed by atoms with Crippen LogP contribution in [-0.4, -0.2) is 18.3 Å². The minimum Gasteiger partial charge on any atom is -0.489 e. The molecule has 1 unspecified atom stereocenters. The highest BCUT2D eigenvalue weighted by molar-refractivity contribution is 9.10. The van der Waals surface area contributed by atoms with Crippen LogP contribution in [-0.2, 0) is 4.74 Å². The molecule has 0 aromatic heterocycles. The van der Waals surface area contributed by atoms with Crippen molar-refractivity contribution in [3.8, 4) is 5.75 Å². The summed E-state index contributed by atoms with van der Waals surface area (Å²) in [4.78, 5) is 0. The number of hydrogen-bond acceptors (Lipinski definition) is 2. The lowest BCUT2D eigenvalue weighted by Gasteiger charge is -2.19. The maximum Gasteiger partial charge on any atom is 0.139 e. The Hall–Kier alpha value is -0.250. The lowest BCUT2D eigenvalue weighted by Crippen LogP contribution is -2.23. The summed E-state index contributed by atoms with van der Waals surface area (Å²) in [5, 5.41) is 0.630. The van der Waals surface area contributed by atoms with E-state index in [-0.39, 0.29) is 11.7 Å². The lowest BCUT2D eigenvalue weighted by molar-refractivity contribution is -0.0326. The summed E-state index contributed by atoms with van der Waals surface area (Å²) in [6.07, 6.45) is 2.28. The smallest absolute Gasteiger partial charge is 0.139 e. The molecular formula is C13H16BrClO2. The van der Waals surface area contributed by atoms with Gasteiger partial charge in [-0.05, 0) is 44.9 Å². The molecule has 17 heavy (non-hydrogen) atoms. The van der Waals surface area contributed by atoms with Crippen molar-refractivity contribution in [1.82, 2.24) is 0 Å². The molecule has 1 heterocycles. The van der Waals surface area contributed by atoms with Gasteiger partial charge in [0.1, 0.15) is 12.4 Å². The number of hydrogen-bond donors (Lipinski definition) is 0. The Morgan fingerprint density at radius 2 is 2.29 bits per heavy atom. The number of halogens is 2. The first-order valence-electron chi connectivity index (χ1n) is 5.72. The molecule has 0 aliphatic carbocycles. The van der Waals surface area contributed by atoms with Crippen molar-refractivity contribution in [3.63, 3.8) is 0 Å². The fraction of sp³-hybridized carbons (Fsp3) is 0.538. The Bertz CT molecular complexity index is 406. The molecule has 1 atom stereocenters. The average molecular weight is 320 g/mol. The molecule has 94 valence electrons. The van der Waals surface area contributed by atoms with Crippen LogP contribution in [0.25, 0.3) is 0 Å². The summed E-state index contributed by atoms with van der Waals surface area (Å²) in [6, 6.07) is 5.59. The summed E-state index contributed by atoms with van der Waals surface area (Å²) in [5.41, 5.74) is -0.0188. The molecule has 0 bridgehead atoms. The minimum atomic E-state index is -0.0188. The van der Waals surface area contributed by atoms with Gasteiger partial charge in [0.05, 0.1) is 16.7 Å². The van der Waals surface area contributed by atoms with Gasteiger partial charge >= 0.3 is 0 Å². The highest BCUT2D eigenvalue weighted by Crippen LogP contribution is 2.32. The van der Waals surface area contributed by atoms with Crippen molar-refractivity contribution >= 4 is 27.5 Å². The standard InChI is InChI=1S/C13H16BrClO2/c1-13(2)6-5-10(17-13)8-16-12-7-9(14)3-4-11(12)15/h3-4,7,10H,5-6,8H2,1-2H3. The summed E-state index contributed by atoms with van der Waals surface area (Å²) >= 11 is 9.45. The Balaban J connectivity index is 1.92. The minimum absolute atomic E-state index is 0.0188. The van der Waals surface area contributed by atoms with Crippen LogP contribution >= 0.6 is 27.5 Å². The van der Waals surface area contributed by atoms with Crippen molar-refractivity contribution in [1.29, 1.82) is 0 Å². The van der Waals surface area contributed by atoms with E-state index in [0.717, 1.165) is 17.3 Å². The molecule has 1 fully saturated rings. The first-order chi connectivity index (χ1) is 7.96. The Morgan fingerprint density at radius 3 is 2.94 bits per heavy atom. The molecule has 1 saturated heterocycles. The topological polar surface area (TPSA) is 18.5 Å². The Labute approximate surface area is 115 Å². The molecule has 0 saturated carbocycles. The predicted octanol–water partition coefficient (Wildman–Crippen LogP) is 4.44. The average Bonchev–Trinajstić information content (AvgIpc) is 2.60. The van der Waals surface area contributed by atoms with E-state index in [4.69, 9.17) is 21.1 Å². The van der Waals surface area contributed by atoms with E-state index in [1.165, 1.54) is 0 Å². The van der Waals surface area contributed by atoms with Crippen molar-refractivity contribution in [3.05, 3.63) is 27.7 Å². The van der Waals surface area contributed by atoms with E-state index in [9.17, 15) is 0 Å². The van der Waals surface area contributed by atoms with E-state index in [1.54, 1.807) is 0 Å². The van der Waals surface area contributed by atoms with Gasteiger partial charge in [0, 0.05) is 4.47 Å². The van der Waals surface area contributed by atoms with Gasteiger partial charge in [-0.25, -0.2) is 0 Å². The van der Waals surface area contributed by atoms with E-state index in [1.807, 2.05) is 18.2 Å². The second-order valence-electron chi connectivity index (χ2n) is 4.92. The molecule has 0 radical (unpaired) electrons.